The number of likely N-dealkylation sites (tertiary alicyclic amines) is 1. The van der Waals surface area contributed by atoms with Gasteiger partial charge in [-0.2, -0.15) is 0 Å². The van der Waals surface area contributed by atoms with Crippen LogP contribution in [0.3, 0.4) is 0 Å². The molecule has 0 atom stereocenters. The molecule has 4 nitrogen and oxygen atoms in total. The summed E-state index contributed by atoms with van der Waals surface area (Å²) >= 11 is 0. The number of amides is 1. The van der Waals surface area contributed by atoms with E-state index in [1.165, 1.54) is 58.3 Å². The standard InChI is InChI=1S/C21H41N3O/c1-18(2)8-6-5-7-9-21(25)24-12-10-20(11-13-24)23-16-14-22(15-17-23)19(3)4/h18-20H,5-17H2,1-4H3. The zero-order chi connectivity index (χ0) is 18.2. The Bertz CT molecular complexity index is 381. The SMILES string of the molecule is CC(C)CCCCCC(=O)N1CCC(N2CCN(C(C)C)CC2)CC1. The first-order valence-corrected chi connectivity index (χ1v) is 10.7. The summed E-state index contributed by atoms with van der Waals surface area (Å²) in [4.78, 5) is 19.8. The number of carbonyl (C=O) groups excluding carboxylic acids is 1. The lowest BCUT2D eigenvalue weighted by atomic mass is 10.0. The molecule has 0 spiro atoms. The first kappa shape index (κ1) is 20.7. The number of hydrogen-bond donors (Lipinski definition) is 0. The first-order valence-electron chi connectivity index (χ1n) is 10.7. The van der Waals surface area contributed by atoms with E-state index in [0.29, 0.717) is 18.0 Å². The van der Waals surface area contributed by atoms with Crippen molar-refractivity contribution in [3.8, 4) is 0 Å². The van der Waals surface area contributed by atoms with Gasteiger partial charge in [-0.25, -0.2) is 0 Å². The zero-order valence-electron chi connectivity index (χ0n) is 17.2. The van der Waals surface area contributed by atoms with Crippen LogP contribution >= 0.6 is 0 Å². The number of piperidine rings is 1. The van der Waals surface area contributed by atoms with Gasteiger partial charge in [-0.05, 0) is 39.0 Å². The van der Waals surface area contributed by atoms with Crippen molar-refractivity contribution in [2.24, 2.45) is 5.92 Å². The summed E-state index contributed by atoms with van der Waals surface area (Å²) in [5.74, 6) is 1.18. The van der Waals surface area contributed by atoms with E-state index in [1.807, 2.05) is 0 Å². The Morgan fingerprint density at radius 3 is 2.08 bits per heavy atom. The van der Waals surface area contributed by atoms with E-state index in [2.05, 4.69) is 42.4 Å². The van der Waals surface area contributed by atoms with E-state index in [-0.39, 0.29) is 0 Å². The Labute approximate surface area is 155 Å². The van der Waals surface area contributed by atoms with Gasteiger partial charge in [0.1, 0.15) is 0 Å². The minimum absolute atomic E-state index is 0.396. The largest absolute Gasteiger partial charge is 0.343 e. The average Bonchev–Trinajstić information content (AvgIpc) is 2.61. The molecule has 25 heavy (non-hydrogen) atoms. The van der Waals surface area contributed by atoms with Crippen LogP contribution in [0.15, 0.2) is 0 Å². The normalized spacial score (nSPS) is 21.4. The second kappa shape index (κ2) is 10.5. The van der Waals surface area contributed by atoms with Crippen LogP contribution < -0.4 is 0 Å². The Kier molecular flexibility index (Phi) is 8.71. The van der Waals surface area contributed by atoms with Gasteiger partial charge in [0.15, 0.2) is 0 Å². The molecule has 2 rings (SSSR count). The first-order chi connectivity index (χ1) is 12.0. The van der Waals surface area contributed by atoms with E-state index >= 15 is 0 Å². The lowest BCUT2D eigenvalue weighted by Crippen LogP contribution is -2.54. The molecule has 0 aliphatic carbocycles. The van der Waals surface area contributed by atoms with Crippen LogP contribution in [0.1, 0.15) is 72.6 Å². The van der Waals surface area contributed by atoms with Gasteiger partial charge >= 0.3 is 0 Å². The number of piperazine rings is 1. The maximum absolute atomic E-state index is 12.4. The van der Waals surface area contributed by atoms with Crippen molar-refractivity contribution in [1.29, 1.82) is 0 Å². The van der Waals surface area contributed by atoms with Crippen molar-refractivity contribution in [3.05, 3.63) is 0 Å². The summed E-state index contributed by atoms with van der Waals surface area (Å²) in [5, 5.41) is 0. The molecule has 0 N–H and O–H groups in total. The molecular formula is C21H41N3O. The van der Waals surface area contributed by atoms with E-state index in [0.717, 1.165) is 31.8 Å². The number of hydrogen-bond acceptors (Lipinski definition) is 3. The minimum atomic E-state index is 0.396. The lowest BCUT2D eigenvalue weighted by Gasteiger charge is -2.43. The monoisotopic (exact) mass is 351 g/mol. The summed E-state index contributed by atoms with van der Waals surface area (Å²) in [6.07, 6.45) is 7.94. The fourth-order valence-corrected chi connectivity index (χ4v) is 4.26. The van der Waals surface area contributed by atoms with E-state index in [4.69, 9.17) is 0 Å². The van der Waals surface area contributed by atoms with Crippen molar-refractivity contribution in [2.45, 2.75) is 84.7 Å². The third-order valence-corrected chi connectivity index (χ3v) is 6.08. The number of nitrogens with zero attached hydrogens (tertiary/aromatic N) is 3. The van der Waals surface area contributed by atoms with Gasteiger partial charge in [-0.3, -0.25) is 14.6 Å². The van der Waals surface area contributed by atoms with Gasteiger partial charge in [0.2, 0.25) is 5.91 Å². The van der Waals surface area contributed by atoms with Gasteiger partial charge < -0.3 is 4.90 Å². The molecule has 0 aromatic rings. The van der Waals surface area contributed by atoms with E-state index < -0.39 is 0 Å². The molecule has 2 saturated heterocycles. The van der Waals surface area contributed by atoms with Crippen LogP contribution in [-0.4, -0.2) is 72.0 Å². The highest BCUT2D eigenvalue weighted by atomic mass is 16.2. The number of carbonyl (C=O) groups is 1. The second-order valence-corrected chi connectivity index (χ2v) is 8.77. The Morgan fingerprint density at radius 2 is 1.52 bits per heavy atom. The molecule has 2 aliphatic heterocycles. The molecule has 2 heterocycles. The van der Waals surface area contributed by atoms with Crippen molar-refractivity contribution < 1.29 is 4.79 Å². The molecule has 0 unspecified atom stereocenters. The lowest BCUT2D eigenvalue weighted by molar-refractivity contribution is -0.133. The van der Waals surface area contributed by atoms with Crippen LogP contribution in [0.4, 0.5) is 0 Å². The van der Waals surface area contributed by atoms with Crippen LogP contribution in [0.2, 0.25) is 0 Å². The van der Waals surface area contributed by atoms with Crippen LogP contribution in [0.25, 0.3) is 0 Å². The molecule has 1 amide bonds. The van der Waals surface area contributed by atoms with Crippen molar-refractivity contribution >= 4 is 5.91 Å². The fourth-order valence-electron chi connectivity index (χ4n) is 4.26. The third-order valence-electron chi connectivity index (χ3n) is 6.08. The molecule has 0 bridgehead atoms. The average molecular weight is 352 g/mol. The zero-order valence-corrected chi connectivity index (χ0v) is 17.2. The highest BCUT2D eigenvalue weighted by Crippen LogP contribution is 2.20. The quantitative estimate of drug-likeness (QED) is 0.625. The molecular weight excluding hydrogens is 310 g/mol. The van der Waals surface area contributed by atoms with Gasteiger partial charge in [0.25, 0.3) is 0 Å². The minimum Gasteiger partial charge on any atom is -0.343 e. The Morgan fingerprint density at radius 1 is 0.880 bits per heavy atom. The summed E-state index contributed by atoms with van der Waals surface area (Å²) in [5.41, 5.74) is 0. The third kappa shape index (κ3) is 6.90. The molecule has 0 aromatic carbocycles. The van der Waals surface area contributed by atoms with Gasteiger partial charge in [-0.15, -0.1) is 0 Å². The molecule has 0 saturated carbocycles. The fraction of sp³-hybridized carbons (Fsp3) is 0.952. The summed E-state index contributed by atoms with van der Waals surface area (Å²) < 4.78 is 0. The maximum atomic E-state index is 12.4. The summed E-state index contributed by atoms with van der Waals surface area (Å²) in [6, 6.07) is 1.37. The number of rotatable bonds is 8. The smallest absolute Gasteiger partial charge is 0.222 e. The molecule has 0 aromatic heterocycles. The van der Waals surface area contributed by atoms with Crippen LogP contribution in [0.5, 0.6) is 0 Å². The number of unbranched alkanes of at least 4 members (excludes halogenated alkanes) is 2. The predicted octanol–water partition coefficient (Wildman–Crippen LogP) is 3.61. The topological polar surface area (TPSA) is 26.8 Å². The van der Waals surface area contributed by atoms with E-state index in [9.17, 15) is 4.79 Å². The summed E-state index contributed by atoms with van der Waals surface area (Å²) in [7, 11) is 0. The van der Waals surface area contributed by atoms with Gasteiger partial charge in [-0.1, -0.05) is 33.1 Å². The highest BCUT2D eigenvalue weighted by molar-refractivity contribution is 5.76. The molecule has 0 radical (unpaired) electrons. The predicted molar refractivity (Wildman–Crippen MR) is 106 cm³/mol. The highest BCUT2D eigenvalue weighted by Gasteiger charge is 2.29. The van der Waals surface area contributed by atoms with Crippen LogP contribution in [0, 0.1) is 5.92 Å². The van der Waals surface area contributed by atoms with Crippen LogP contribution in [-0.2, 0) is 4.79 Å². The van der Waals surface area contributed by atoms with Gasteiger partial charge in [0.05, 0.1) is 0 Å². The second-order valence-electron chi connectivity index (χ2n) is 8.77. The van der Waals surface area contributed by atoms with Crippen molar-refractivity contribution in [3.63, 3.8) is 0 Å². The van der Waals surface area contributed by atoms with Crippen molar-refractivity contribution in [2.75, 3.05) is 39.3 Å². The molecule has 2 fully saturated rings. The Balaban J connectivity index is 1.60. The molecule has 146 valence electrons. The molecule has 2 aliphatic rings. The van der Waals surface area contributed by atoms with Crippen molar-refractivity contribution in [1.82, 2.24) is 14.7 Å². The molecule has 4 heteroatoms. The van der Waals surface area contributed by atoms with Gasteiger partial charge in [0, 0.05) is 57.8 Å². The summed E-state index contributed by atoms with van der Waals surface area (Å²) in [6.45, 7) is 15.9. The maximum Gasteiger partial charge on any atom is 0.222 e. The Hall–Kier alpha value is -0.610. The van der Waals surface area contributed by atoms with E-state index in [1.54, 1.807) is 0 Å².